The van der Waals surface area contributed by atoms with Crippen LogP contribution in [0.15, 0.2) is 162 Å². The van der Waals surface area contributed by atoms with E-state index in [1.807, 2.05) is 12.1 Å². The van der Waals surface area contributed by atoms with Gasteiger partial charge < -0.3 is 5.32 Å². The second-order valence-electron chi connectivity index (χ2n) is 13.1. The Morgan fingerprint density at radius 2 is 1.23 bits per heavy atom. The van der Waals surface area contributed by atoms with Gasteiger partial charge in [0, 0.05) is 16.5 Å². The second kappa shape index (κ2) is 10.6. The first-order valence-corrected chi connectivity index (χ1v) is 16.3. The average molecular weight is 604 g/mol. The molecule has 0 saturated heterocycles. The Morgan fingerprint density at radius 1 is 0.553 bits per heavy atom. The van der Waals surface area contributed by atoms with Gasteiger partial charge >= 0.3 is 0 Å². The van der Waals surface area contributed by atoms with Gasteiger partial charge in [-0.1, -0.05) is 147 Å². The molecule has 1 aliphatic heterocycles. The Hall–Kier alpha value is -5.80. The van der Waals surface area contributed by atoms with Gasteiger partial charge in [-0.2, -0.15) is 0 Å². The Labute approximate surface area is 275 Å². The molecule has 1 heterocycles. The van der Waals surface area contributed by atoms with Crippen LogP contribution in [0.2, 0.25) is 0 Å². The predicted molar refractivity (Wildman–Crippen MR) is 196 cm³/mol. The van der Waals surface area contributed by atoms with Crippen molar-refractivity contribution in [3.05, 3.63) is 179 Å². The molecule has 0 aromatic heterocycles. The Morgan fingerprint density at radius 3 is 2.04 bits per heavy atom. The molecule has 2 aliphatic rings. The monoisotopic (exact) mass is 603 g/mol. The highest BCUT2D eigenvalue weighted by Crippen LogP contribution is 2.55. The molecule has 1 atom stereocenters. The lowest BCUT2D eigenvalue weighted by Crippen LogP contribution is -2.33. The summed E-state index contributed by atoms with van der Waals surface area (Å²) in [6.07, 6.45) is -0.235. The van der Waals surface area contributed by atoms with Crippen molar-refractivity contribution >= 4 is 33.2 Å². The number of aliphatic imine (C=N–C) groups is 2. The molecule has 9 rings (SSSR count). The zero-order valence-corrected chi connectivity index (χ0v) is 26.4. The topological polar surface area (TPSA) is 36.8 Å². The van der Waals surface area contributed by atoms with E-state index in [1.165, 1.54) is 54.9 Å². The minimum atomic E-state index is -0.235. The summed E-state index contributed by atoms with van der Waals surface area (Å²) in [7, 11) is 0. The van der Waals surface area contributed by atoms with E-state index < -0.39 is 0 Å². The summed E-state index contributed by atoms with van der Waals surface area (Å²) in [6.45, 7) is 4.74. The fourth-order valence-electron chi connectivity index (χ4n) is 7.54. The van der Waals surface area contributed by atoms with Crippen molar-refractivity contribution < 1.29 is 0 Å². The van der Waals surface area contributed by atoms with Crippen LogP contribution >= 0.6 is 0 Å². The summed E-state index contributed by atoms with van der Waals surface area (Å²) >= 11 is 0. The number of benzene rings is 7. The standard InChI is InChI=1S/C44H33N3/c1-44(2)38-27-34(43-46-41(29-14-5-3-6-15-29)45-42(47-43)30-16-7-4-8-17-30)23-24-36(38)39-37(26-32-19-11-12-20-35(32)40(39)44)33-22-21-28-13-9-10-18-31(28)25-33/h3-27,41H,1-2H3,(H,45,46,47). The number of rotatable bonds is 4. The second-order valence-corrected chi connectivity index (χ2v) is 13.1. The smallest absolute Gasteiger partial charge is 0.159 e. The van der Waals surface area contributed by atoms with Crippen molar-refractivity contribution in [1.82, 2.24) is 5.32 Å². The number of fused-ring (bicyclic) bond motifs is 6. The normalized spacial score (nSPS) is 16.3. The van der Waals surface area contributed by atoms with Gasteiger partial charge in [0.1, 0.15) is 12.0 Å². The first-order chi connectivity index (χ1) is 23.0. The van der Waals surface area contributed by atoms with Crippen molar-refractivity contribution in [1.29, 1.82) is 0 Å². The van der Waals surface area contributed by atoms with Crippen molar-refractivity contribution in [3.8, 4) is 22.3 Å². The zero-order chi connectivity index (χ0) is 31.5. The molecule has 0 fully saturated rings. The van der Waals surface area contributed by atoms with Gasteiger partial charge in [-0.3, -0.25) is 0 Å². The van der Waals surface area contributed by atoms with Crippen LogP contribution in [-0.2, 0) is 5.41 Å². The largest absolute Gasteiger partial charge is 0.344 e. The number of hydrogen-bond donors (Lipinski definition) is 1. The van der Waals surface area contributed by atoms with Gasteiger partial charge in [0.25, 0.3) is 0 Å². The molecule has 47 heavy (non-hydrogen) atoms. The van der Waals surface area contributed by atoms with E-state index in [4.69, 9.17) is 9.98 Å². The third kappa shape index (κ3) is 4.50. The van der Waals surface area contributed by atoms with Crippen LogP contribution in [0.5, 0.6) is 0 Å². The Kier molecular flexibility index (Phi) is 6.23. The van der Waals surface area contributed by atoms with Crippen molar-refractivity contribution in [2.75, 3.05) is 0 Å². The lowest BCUT2D eigenvalue weighted by molar-refractivity contribution is 0.665. The molecule has 7 aromatic carbocycles. The van der Waals surface area contributed by atoms with Crippen molar-refractivity contribution in [3.63, 3.8) is 0 Å². The van der Waals surface area contributed by atoms with E-state index in [2.05, 4.69) is 159 Å². The summed E-state index contributed by atoms with van der Waals surface area (Å²) < 4.78 is 0. The molecule has 0 saturated carbocycles. The maximum atomic E-state index is 5.18. The fourth-order valence-corrected chi connectivity index (χ4v) is 7.54. The fraction of sp³-hybridized carbons (Fsp3) is 0.0909. The number of amidine groups is 2. The molecule has 224 valence electrons. The quantitative estimate of drug-likeness (QED) is 0.214. The van der Waals surface area contributed by atoms with Gasteiger partial charge in [0.05, 0.1) is 0 Å². The summed E-state index contributed by atoms with van der Waals surface area (Å²) in [5.74, 6) is 1.57. The first-order valence-electron chi connectivity index (χ1n) is 16.3. The molecular formula is C44H33N3. The number of nitrogens with zero attached hydrogens (tertiary/aromatic N) is 2. The van der Waals surface area contributed by atoms with Gasteiger partial charge in [0.2, 0.25) is 0 Å². The van der Waals surface area contributed by atoms with Crippen LogP contribution in [-0.4, -0.2) is 11.7 Å². The molecule has 1 unspecified atom stereocenters. The van der Waals surface area contributed by atoms with E-state index in [1.54, 1.807) is 0 Å². The van der Waals surface area contributed by atoms with Crippen LogP contribution in [0.1, 0.15) is 47.8 Å². The number of nitrogens with one attached hydrogen (secondary N) is 1. The van der Waals surface area contributed by atoms with Gasteiger partial charge in [0.15, 0.2) is 5.84 Å². The van der Waals surface area contributed by atoms with Crippen LogP contribution < -0.4 is 5.32 Å². The minimum Gasteiger partial charge on any atom is -0.344 e. The van der Waals surface area contributed by atoms with Gasteiger partial charge in [-0.15, -0.1) is 0 Å². The van der Waals surface area contributed by atoms with Gasteiger partial charge in [-0.25, -0.2) is 9.98 Å². The molecule has 0 bridgehead atoms. The van der Waals surface area contributed by atoms with E-state index in [9.17, 15) is 0 Å². The maximum absolute atomic E-state index is 5.18. The third-order valence-corrected chi connectivity index (χ3v) is 9.86. The van der Waals surface area contributed by atoms with E-state index in [-0.39, 0.29) is 11.6 Å². The molecule has 1 aliphatic carbocycles. The van der Waals surface area contributed by atoms with E-state index >= 15 is 0 Å². The molecule has 0 radical (unpaired) electrons. The molecular weight excluding hydrogens is 571 g/mol. The van der Waals surface area contributed by atoms with Gasteiger partial charge in [-0.05, 0) is 78.7 Å². The van der Waals surface area contributed by atoms with Crippen molar-refractivity contribution in [2.24, 2.45) is 9.98 Å². The average Bonchev–Trinajstić information content (AvgIpc) is 3.38. The Balaban J connectivity index is 1.24. The van der Waals surface area contributed by atoms with E-state index in [0.29, 0.717) is 0 Å². The van der Waals surface area contributed by atoms with Crippen molar-refractivity contribution in [2.45, 2.75) is 25.4 Å². The minimum absolute atomic E-state index is 0.231. The zero-order valence-electron chi connectivity index (χ0n) is 26.4. The predicted octanol–water partition coefficient (Wildman–Crippen LogP) is 10.5. The summed E-state index contributed by atoms with van der Waals surface area (Å²) in [5.41, 5.74) is 10.8. The Bertz CT molecular complexity index is 2400. The molecule has 7 aromatic rings. The first kappa shape index (κ1) is 27.5. The lowest BCUT2D eigenvalue weighted by atomic mass is 9.79. The molecule has 3 nitrogen and oxygen atoms in total. The van der Waals surface area contributed by atoms with Crippen LogP contribution in [0.3, 0.4) is 0 Å². The highest BCUT2D eigenvalue weighted by Gasteiger charge is 2.39. The third-order valence-electron chi connectivity index (χ3n) is 9.86. The molecule has 0 spiro atoms. The van der Waals surface area contributed by atoms with Crippen LogP contribution in [0, 0.1) is 0 Å². The SMILES string of the molecule is CC1(C)c2cc(C3=NC(c4ccccc4)NC(c4ccccc4)=N3)ccc2-c2c(-c3ccc4ccccc4c3)cc3ccccc3c21. The number of hydrogen-bond acceptors (Lipinski definition) is 3. The lowest BCUT2D eigenvalue weighted by Gasteiger charge is -2.25. The molecule has 3 heteroatoms. The highest BCUT2D eigenvalue weighted by molar-refractivity contribution is 6.14. The molecule has 0 amide bonds. The summed E-state index contributed by atoms with van der Waals surface area (Å²) in [4.78, 5) is 10.3. The van der Waals surface area contributed by atoms with E-state index in [0.717, 1.165) is 28.4 Å². The molecule has 1 N–H and O–H groups in total. The summed E-state index contributed by atoms with van der Waals surface area (Å²) in [5, 5.41) is 8.67. The summed E-state index contributed by atoms with van der Waals surface area (Å²) in [6, 6.07) is 54.3. The maximum Gasteiger partial charge on any atom is 0.159 e. The van der Waals surface area contributed by atoms with Crippen LogP contribution in [0.4, 0.5) is 0 Å². The highest BCUT2D eigenvalue weighted by atomic mass is 15.2. The van der Waals surface area contributed by atoms with Crippen LogP contribution in [0.25, 0.3) is 43.8 Å².